The van der Waals surface area contributed by atoms with Gasteiger partial charge in [-0.05, 0) is 51.5 Å². The highest BCUT2D eigenvalue weighted by molar-refractivity contribution is 5.69. The Balaban J connectivity index is 4.18. The van der Waals surface area contributed by atoms with Crippen LogP contribution < -0.4 is 5.73 Å². The SMILES string of the molecule is CC(C)(C)OC(=O)CCC(CCN)C(C)(C)C. The first-order valence-corrected chi connectivity index (χ1v) is 6.48. The number of rotatable bonds is 5. The van der Waals surface area contributed by atoms with Crippen LogP contribution in [0.4, 0.5) is 0 Å². The predicted molar refractivity (Wildman–Crippen MR) is 71.7 cm³/mol. The van der Waals surface area contributed by atoms with Gasteiger partial charge in [-0.2, -0.15) is 0 Å². The maximum atomic E-state index is 11.6. The molecule has 1 atom stereocenters. The molecule has 0 aromatic rings. The Morgan fingerprint density at radius 1 is 1.12 bits per heavy atom. The van der Waals surface area contributed by atoms with E-state index in [2.05, 4.69) is 20.8 Å². The smallest absolute Gasteiger partial charge is 0.306 e. The van der Waals surface area contributed by atoms with E-state index in [1.165, 1.54) is 0 Å². The van der Waals surface area contributed by atoms with Crippen LogP contribution in [0.15, 0.2) is 0 Å². The van der Waals surface area contributed by atoms with Crippen LogP contribution in [0.2, 0.25) is 0 Å². The minimum absolute atomic E-state index is 0.108. The van der Waals surface area contributed by atoms with Crippen molar-refractivity contribution in [2.75, 3.05) is 6.54 Å². The van der Waals surface area contributed by atoms with E-state index in [9.17, 15) is 4.79 Å². The highest BCUT2D eigenvalue weighted by Crippen LogP contribution is 2.32. The van der Waals surface area contributed by atoms with Crippen molar-refractivity contribution in [3.05, 3.63) is 0 Å². The summed E-state index contributed by atoms with van der Waals surface area (Å²) < 4.78 is 5.31. The first-order chi connectivity index (χ1) is 7.56. The van der Waals surface area contributed by atoms with Crippen LogP contribution in [-0.2, 0) is 9.53 Å². The van der Waals surface area contributed by atoms with Crippen LogP contribution in [0.3, 0.4) is 0 Å². The first-order valence-electron chi connectivity index (χ1n) is 6.48. The second kappa shape index (κ2) is 6.39. The van der Waals surface area contributed by atoms with Crippen LogP contribution >= 0.6 is 0 Å². The van der Waals surface area contributed by atoms with E-state index in [1.54, 1.807) is 0 Å². The van der Waals surface area contributed by atoms with Gasteiger partial charge >= 0.3 is 5.97 Å². The van der Waals surface area contributed by atoms with Crippen molar-refractivity contribution < 1.29 is 9.53 Å². The maximum absolute atomic E-state index is 11.6. The Bertz CT molecular complexity index is 236. The third-order valence-corrected chi connectivity index (χ3v) is 2.86. The lowest BCUT2D eigenvalue weighted by atomic mass is 9.76. The Labute approximate surface area is 106 Å². The molecule has 0 rings (SSSR count). The van der Waals surface area contributed by atoms with Gasteiger partial charge in [0.15, 0.2) is 0 Å². The average molecular weight is 243 g/mol. The molecular weight excluding hydrogens is 214 g/mol. The van der Waals surface area contributed by atoms with Gasteiger partial charge in [0.2, 0.25) is 0 Å². The number of carbonyl (C=O) groups is 1. The molecule has 17 heavy (non-hydrogen) atoms. The lowest BCUT2D eigenvalue weighted by Gasteiger charge is -2.30. The predicted octanol–water partition coefficient (Wildman–Crippen LogP) is 3.12. The lowest BCUT2D eigenvalue weighted by Crippen LogP contribution is -2.27. The zero-order valence-electron chi connectivity index (χ0n) is 12.3. The van der Waals surface area contributed by atoms with Crippen molar-refractivity contribution in [3.63, 3.8) is 0 Å². The van der Waals surface area contributed by atoms with Gasteiger partial charge in [-0.3, -0.25) is 4.79 Å². The topological polar surface area (TPSA) is 52.3 Å². The van der Waals surface area contributed by atoms with Gasteiger partial charge in [0.05, 0.1) is 0 Å². The minimum atomic E-state index is -0.387. The van der Waals surface area contributed by atoms with Gasteiger partial charge in [0.1, 0.15) is 5.60 Å². The Morgan fingerprint density at radius 2 is 1.65 bits per heavy atom. The van der Waals surface area contributed by atoms with E-state index in [4.69, 9.17) is 10.5 Å². The summed E-state index contributed by atoms with van der Waals surface area (Å²) >= 11 is 0. The summed E-state index contributed by atoms with van der Waals surface area (Å²) in [7, 11) is 0. The van der Waals surface area contributed by atoms with Gasteiger partial charge in [-0.25, -0.2) is 0 Å². The average Bonchev–Trinajstić information content (AvgIpc) is 2.07. The molecule has 0 aromatic heterocycles. The van der Waals surface area contributed by atoms with Crippen molar-refractivity contribution in [2.24, 2.45) is 17.1 Å². The van der Waals surface area contributed by atoms with E-state index in [1.807, 2.05) is 20.8 Å². The summed E-state index contributed by atoms with van der Waals surface area (Å²) in [6.07, 6.45) is 2.31. The van der Waals surface area contributed by atoms with Crippen LogP contribution in [0, 0.1) is 11.3 Å². The molecule has 2 N–H and O–H groups in total. The van der Waals surface area contributed by atoms with Gasteiger partial charge in [-0.15, -0.1) is 0 Å². The molecule has 0 aliphatic rings. The molecule has 0 spiro atoms. The van der Waals surface area contributed by atoms with Gasteiger partial charge in [0, 0.05) is 6.42 Å². The summed E-state index contributed by atoms with van der Waals surface area (Å²) in [5, 5.41) is 0. The second-order valence-corrected chi connectivity index (χ2v) is 6.77. The highest BCUT2D eigenvalue weighted by Gasteiger charge is 2.25. The third kappa shape index (κ3) is 8.19. The molecule has 3 nitrogen and oxygen atoms in total. The number of hydrogen-bond acceptors (Lipinski definition) is 3. The number of hydrogen-bond donors (Lipinski definition) is 1. The summed E-state index contributed by atoms with van der Waals surface area (Å²) in [6, 6.07) is 0. The lowest BCUT2D eigenvalue weighted by molar-refractivity contribution is -0.155. The molecule has 0 bridgehead atoms. The molecule has 102 valence electrons. The molecule has 3 heteroatoms. The molecular formula is C14H29NO2. The van der Waals surface area contributed by atoms with E-state index in [-0.39, 0.29) is 17.0 Å². The summed E-state index contributed by atoms with van der Waals surface area (Å²) in [5.74, 6) is 0.365. The molecule has 0 saturated heterocycles. The number of ether oxygens (including phenoxy) is 1. The number of esters is 1. The van der Waals surface area contributed by atoms with Gasteiger partial charge in [0.25, 0.3) is 0 Å². The molecule has 0 fully saturated rings. The zero-order valence-corrected chi connectivity index (χ0v) is 12.3. The molecule has 0 heterocycles. The number of carbonyl (C=O) groups excluding carboxylic acids is 1. The zero-order chi connectivity index (χ0) is 13.7. The van der Waals surface area contributed by atoms with Crippen LogP contribution in [0.1, 0.15) is 60.8 Å². The second-order valence-electron chi connectivity index (χ2n) is 6.77. The molecule has 0 aliphatic carbocycles. The Kier molecular flexibility index (Phi) is 6.17. The number of nitrogens with two attached hydrogens (primary N) is 1. The monoisotopic (exact) mass is 243 g/mol. The fourth-order valence-electron chi connectivity index (χ4n) is 1.90. The van der Waals surface area contributed by atoms with Crippen LogP contribution in [-0.4, -0.2) is 18.1 Å². The first kappa shape index (κ1) is 16.4. The fraction of sp³-hybridized carbons (Fsp3) is 0.929. The van der Waals surface area contributed by atoms with E-state index in [0.717, 1.165) is 12.8 Å². The van der Waals surface area contributed by atoms with E-state index < -0.39 is 0 Å². The molecule has 0 saturated carbocycles. The van der Waals surface area contributed by atoms with Crippen LogP contribution in [0.5, 0.6) is 0 Å². The minimum Gasteiger partial charge on any atom is -0.460 e. The summed E-state index contributed by atoms with van der Waals surface area (Å²) in [4.78, 5) is 11.6. The van der Waals surface area contributed by atoms with Crippen molar-refractivity contribution in [2.45, 2.75) is 66.4 Å². The van der Waals surface area contributed by atoms with Gasteiger partial charge < -0.3 is 10.5 Å². The molecule has 0 aromatic carbocycles. The van der Waals surface area contributed by atoms with Gasteiger partial charge in [-0.1, -0.05) is 20.8 Å². The molecule has 1 unspecified atom stereocenters. The van der Waals surface area contributed by atoms with E-state index in [0.29, 0.717) is 18.9 Å². The normalized spacial score (nSPS) is 14.5. The molecule has 0 radical (unpaired) electrons. The molecule has 0 amide bonds. The Morgan fingerprint density at radius 3 is 2.00 bits per heavy atom. The van der Waals surface area contributed by atoms with E-state index >= 15 is 0 Å². The third-order valence-electron chi connectivity index (χ3n) is 2.86. The van der Waals surface area contributed by atoms with Crippen molar-refractivity contribution in [3.8, 4) is 0 Å². The summed E-state index contributed by atoms with van der Waals surface area (Å²) in [5.41, 5.74) is 5.43. The van der Waals surface area contributed by atoms with Crippen molar-refractivity contribution in [1.29, 1.82) is 0 Å². The van der Waals surface area contributed by atoms with Crippen LogP contribution in [0.25, 0.3) is 0 Å². The Hall–Kier alpha value is -0.570. The largest absolute Gasteiger partial charge is 0.460 e. The standard InChI is InChI=1S/C14H29NO2/c1-13(2,3)11(9-10-15)7-8-12(16)17-14(4,5)6/h11H,7-10,15H2,1-6H3. The van der Waals surface area contributed by atoms with Crippen molar-refractivity contribution >= 4 is 5.97 Å². The highest BCUT2D eigenvalue weighted by atomic mass is 16.6. The van der Waals surface area contributed by atoms with Crippen molar-refractivity contribution in [1.82, 2.24) is 0 Å². The summed E-state index contributed by atoms with van der Waals surface area (Å²) in [6.45, 7) is 13.0. The fourth-order valence-corrected chi connectivity index (χ4v) is 1.90. The maximum Gasteiger partial charge on any atom is 0.306 e. The quantitative estimate of drug-likeness (QED) is 0.755. The molecule has 0 aliphatic heterocycles.